The van der Waals surface area contributed by atoms with Crippen molar-refractivity contribution in [2.45, 2.75) is 69.1 Å². The minimum absolute atomic E-state index is 0.0284. The molecule has 0 atom stereocenters. The van der Waals surface area contributed by atoms with Crippen LogP contribution >= 0.6 is 11.8 Å². The Labute approximate surface area is 412 Å². The molecule has 9 aromatic rings. The Morgan fingerprint density at radius 3 is 0.928 bits per heavy atom. The minimum atomic E-state index is -0.0284. The molecule has 336 valence electrons. The van der Waals surface area contributed by atoms with Crippen LogP contribution in [0.25, 0.3) is 0 Å². The van der Waals surface area contributed by atoms with Gasteiger partial charge in [-0.3, -0.25) is 0 Å². The third-order valence-corrected chi connectivity index (χ3v) is 15.5. The number of hydrogen-bond acceptors (Lipinski definition) is 5. The van der Waals surface area contributed by atoms with Crippen LogP contribution in [-0.2, 0) is 0 Å². The fraction of sp³-hybridized carbons (Fsp3) is 0.143. The average molecular weight is 911 g/mol. The lowest BCUT2D eigenvalue weighted by atomic mass is 9.34. The molecule has 3 aliphatic rings. The Morgan fingerprint density at radius 2 is 0.623 bits per heavy atom. The number of para-hydroxylation sites is 10. The molecule has 3 aliphatic heterocycles. The van der Waals surface area contributed by atoms with Crippen molar-refractivity contribution in [1.82, 2.24) is 0 Å². The zero-order valence-electron chi connectivity index (χ0n) is 40.1. The van der Waals surface area contributed by atoms with Gasteiger partial charge in [0, 0.05) is 32.5 Å². The Hall–Kier alpha value is -7.41. The molecule has 6 heteroatoms. The molecule has 0 radical (unpaired) electrons. The van der Waals surface area contributed by atoms with Crippen molar-refractivity contribution in [2.24, 2.45) is 0 Å². The number of nitrogens with zero attached hydrogens (tertiary/aromatic N) is 4. The van der Waals surface area contributed by atoms with E-state index >= 15 is 0 Å². The molecule has 0 fully saturated rings. The van der Waals surface area contributed by atoms with Gasteiger partial charge in [0.15, 0.2) is 0 Å². The van der Waals surface area contributed by atoms with Gasteiger partial charge in [-0.15, -0.1) is 0 Å². The SMILES string of the molecule is CC(C)c1cc(C(C)C)c(B2c3cc(N4c5ccccc5N(c5ccccc5)c5ccccc54)ccc3Sc3ccc(N4c5ccccc5N(c5ccccc5)c5ccccc54)cc32)c(C(C)C)c1. The highest BCUT2D eigenvalue weighted by molar-refractivity contribution is 8.00. The molecule has 12 rings (SSSR count). The van der Waals surface area contributed by atoms with Crippen molar-refractivity contribution in [2.75, 3.05) is 19.6 Å². The van der Waals surface area contributed by atoms with E-state index in [9.17, 15) is 0 Å². The molecule has 0 aromatic heterocycles. The highest BCUT2D eigenvalue weighted by Gasteiger charge is 2.39. The second-order valence-corrected chi connectivity index (χ2v) is 20.6. The third-order valence-electron chi connectivity index (χ3n) is 14.3. The Bertz CT molecular complexity index is 3090. The van der Waals surface area contributed by atoms with Crippen LogP contribution < -0.4 is 36.0 Å². The molecule has 3 heterocycles. The summed E-state index contributed by atoms with van der Waals surface area (Å²) in [6.07, 6.45) is 0. The number of anilines is 12. The van der Waals surface area contributed by atoms with Crippen LogP contribution in [0.4, 0.5) is 68.2 Å². The van der Waals surface area contributed by atoms with Gasteiger partial charge in [-0.25, -0.2) is 0 Å². The molecular formula is C63H55BN4S. The van der Waals surface area contributed by atoms with Crippen molar-refractivity contribution in [3.63, 3.8) is 0 Å². The largest absolute Gasteiger partial charge is 0.306 e. The van der Waals surface area contributed by atoms with Crippen molar-refractivity contribution >= 4 is 103 Å². The predicted octanol–water partition coefficient (Wildman–Crippen LogP) is 16.5. The van der Waals surface area contributed by atoms with Gasteiger partial charge in [0.1, 0.15) is 0 Å². The molecule has 0 amide bonds. The molecule has 0 unspecified atom stereocenters. The number of hydrogen-bond donors (Lipinski definition) is 0. The number of rotatable bonds is 8. The van der Waals surface area contributed by atoms with E-state index in [0.717, 1.165) is 68.2 Å². The van der Waals surface area contributed by atoms with Crippen LogP contribution in [0.1, 0.15) is 76.0 Å². The molecule has 4 nitrogen and oxygen atoms in total. The van der Waals surface area contributed by atoms with E-state index in [1.54, 1.807) is 0 Å². The number of benzene rings is 9. The van der Waals surface area contributed by atoms with Gasteiger partial charge >= 0.3 is 0 Å². The molecule has 69 heavy (non-hydrogen) atoms. The zero-order chi connectivity index (χ0) is 46.9. The Morgan fingerprint density at radius 1 is 0.319 bits per heavy atom. The number of fused-ring (bicyclic) bond motifs is 6. The smallest absolute Gasteiger partial charge is 0.245 e. The summed E-state index contributed by atoms with van der Waals surface area (Å²) in [7, 11) is 0. The van der Waals surface area contributed by atoms with Crippen LogP contribution in [0.15, 0.2) is 216 Å². The van der Waals surface area contributed by atoms with Crippen molar-refractivity contribution in [1.29, 1.82) is 0 Å². The third kappa shape index (κ3) is 7.15. The summed E-state index contributed by atoms with van der Waals surface area (Å²) in [4.78, 5) is 12.4. The summed E-state index contributed by atoms with van der Waals surface area (Å²) >= 11 is 1.91. The standard InChI is InChI=1S/C63H55BN4S/c1-41(2)44-37-49(42(3)4)63(50(38-44)43(5)6)64-51-39-47(67-57-29-17-13-25-53(57)65(45-21-9-7-10-22-45)54-26-14-18-30-58(54)67)33-35-61(51)69-62-36-34-48(40-52(62)64)68-59-31-19-15-27-55(59)66(46-23-11-8-12-24-46)56-28-16-20-32-60(56)68/h7-43H,1-6H3. The van der Waals surface area contributed by atoms with Gasteiger partial charge < -0.3 is 19.6 Å². The lowest BCUT2D eigenvalue weighted by Gasteiger charge is -2.41. The minimum Gasteiger partial charge on any atom is -0.306 e. The van der Waals surface area contributed by atoms with Crippen LogP contribution in [0.2, 0.25) is 0 Å². The molecule has 0 saturated heterocycles. The monoisotopic (exact) mass is 910 g/mol. The highest BCUT2D eigenvalue weighted by atomic mass is 32.2. The lowest BCUT2D eigenvalue weighted by molar-refractivity contribution is 0.812. The van der Waals surface area contributed by atoms with E-state index in [4.69, 9.17) is 0 Å². The molecule has 9 aromatic carbocycles. The van der Waals surface area contributed by atoms with Gasteiger partial charge in [-0.2, -0.15) is 0 Å². The van der Waals surface area contributed by atoms with Crippen molar-refractivity contribution < 1.29 is 0 Å². The highest BCUT2D eigenvalue weighted by Crippen LogP contribution is 2.56. The van der Waals surface area contributed by atoms with Gasteiger partial charge in [0.05, 0.1) is 45.5 Å². The topological polar surface area (TPSA) is 13.0 Å². The summed E-state index contributed by atoms with van der Waals surface area (Å²) in [5, 5.41) is 0. The van der Waals surface area contributed by atoms with Crippen LogP contribution in [0.3, 0.4) is 0 Å². The summed E-state index contributed by atoms with van der Waals surface area (Å²) < 4.78 is 0. The molecule has 0 N–H and O–H groups in total. The summed E-state index contributed by atoms with van der Waals surface area (Å²) in [6, 6.07) is 76.7. The molecule has 0 aliphatic carbocycles. The molecule has 0 spiro atoms. The summed E-state index contributed by atoms with van der Waals surface area (Å²) in [5.41, 5.74) is 22.3. The van der Waals surface area contributed by atoms with E-state index in [1.165, 1.54) is 42.9 Å². The maximum Gasteiger partial charge on any atom is 0.245 e. The quantitative estimate of drug-likeness (QED) is 0.140. The van der Waals surface area contributed by atoms with Gasteiger partial charge in [-0.1, -0.05) is 167 Å². The molecule has 0 bridgehead atoms. The van der Waals surface area contributed by atoms with Crippen LogP contribution in [0, 0.1) is 0 Å². The second kappa shape index (κ2) is 17.3. The zero-order valence-corrected chi connectivity index (χ0v) is 41.0. The van der Waals surface area contributed by atoms with Crippen molar-refractivity contribution in [3.8, 4) is 0 Å². The second-order valence-electron chi connectivity index (χ2n) is 19.5. The Kier molecular flexibility index (Phi) is 10.7. The average Bonchev–Trinajstić information content (AvgIpc) is 3.38. The van der Waals surface area contributed by atoms with E-state index in [0.29, 0.717) is 17.8 Å². The Balaban J connectivity index is 1.09. The lowest BCUT2D eigenvalue weighted by Crippen LogP contribution is -2.57. The predicted molar refractivity (Wildman–Crippen MR) is 296 cm³/mol. The molecule has 0 saturated carbocycles. The van der Waals surface area contributed by atoms with Crippen LogP contribution in [-0.4, -0.2) is 6.71 Å². The van der Waals surface area contributed by atoms with Crippen molar-refractivity contribution in [3.05, 3.63) is 223 Å². The first-order valence-electron chi connectivity index (χ1n) is 24.5. The fourth-order valence-electron chi connectivity index (χ4n) is 11.1. The maximum absolute atomic E-state index is 2.54. The van der Waals surface area contributed by atoms with Gasteiger partial charge in [0.25, 0.3) is 0 Å². The first-order chi connectivity index (χ1) is 33.7. The molecular weight excluding hydrogens is 856 g/mol. The van der Waals surface area contributed by atoms with Gasteiger partial charge in [-0.05, 0) is 144 Å². The summed E-state index contributed by atoms with van der Waals surface area (Å²) in [6.45, 7) is 14.2. The van der Waals surface area contributed by atoms with E-state index < -0.39 is 0 Å². The van der Waals surface area contributed by atoms with E-state index in [-0.39, 0.29) is 6.71 Å². The first-order valence-corrected chi connectivity index (χ1v) is 25.4. The van der Waals surface area contributed by atoms with E-state index in [1.807, 2.05) is 11.8 Å². The van der Waals surface area contributed by atoms with E-state index in [2.05, 4.69) is 267 Å². The fourth-order valence-corrected chi connectivity index (χ4v) is 12.2. The summed E-state index contributed by atoms with van der Waals surface area (Å²) in [5.74, 6) is 1.05. The first kappa shape index (κ1) is 42.9. The van der Waals surface area contributed by atoms with Gasteiger partial charge in [0.2, 0.25) is 6.71 Å². The normalized spacial score (nSPS) is 13.6. The maximum atomic E-state index is 2.54. The van der Waals surface area contributed by atoms with Crippen LogP contribution in [0.5, 0.6) is 0 Å².